The molecule has 0 radical (unpaired) electrons. The second-order valence-electron chi connectivity index (χ2n) is 4.41. The predicted octanol–water partition coefficient (Wildman–Crippen LogP) is 3.27. The van der Waals surface area contributed by atoms with Gasteiger partial charge in [-0.3, -0.25) is 0 Å². The highest BCUT2D eigenvalue weighted by atomic mass is 16.5. The smallest absolute Gasteiger partial charge is 0.330 e. The zero-order chi connectivity index (χ0) is 14.9. The van der Waals surface area contributed by atoms with Gasteiger partial charge in [0.1, 0.15) is 5.75 Å². The number of benzene rings is 1. The van der Waals surface area contributed by atoms with Crippen LogP contribution in [0.2, 0.25) is 0 Å². The molecule has 0 saturated heterocycles. The molecule has 0 fully saturated rings. The molecular formula is C15H20N4O2. The Bertz CT molecular complexity index is 522. The van der Waals surface area contributed by atoms with E-state index < -0.39 is 0 Å². The molecule has 0 atom stereocenters. The van der Waals surface area contributed by atoms with Crippen molar-refractivity contribution in [3.05, 3.63) is 30.3 Å². The number of ether oxygens (including phenoxy) is 2. The van der Waals surface area contributed by atoms with Crippen molar-refractivity contribution in [2.24, 2.45) is 0 Å². The molecule has 1 heterocycles. The maximum Gasteiger partial charge on any atom is 0.330 e. The van der Waals surface area contributed by atoms with Gasteiger partial charge in [-0.15, -0.1) is 4.98 Å². The summed E-state index contributed by atoms with van der Waals surface area (Å²) >= 11 is 0. The molecule has 112 valence electrons. The maximum absolute atomic E-state index is 5.64. The van der Waals surface area contributed by atoms with E-state index in [1.54, 1.807) is 0 Å². The van der Waals surface area contributed by atoms with Crippen LogP contribution in [-0.4, -0.2) is 28.1 Å². The number of nitrogens with one attached hydrogen (secondary N) is 1. The maximum atomic E-state index is 5.64. The zero-order valence-corrected chi connectivity index (χ0v) is 12.4. The third-order valence-electron chi connectivity index (χ3n) is 2.52. The van der Waals surface area contributed by atoms with Crippen LogP contribution < -0.4 is 14.8 Å². The third-order valence-corrected chi connectivity index (χ3v) is 2.52. The summed E-state index contributed by atoms with van der Waals surface area (Å²) in [4.78, 5) is 12.6. The summed E-state index contributed by atoms with van der Waals surface area (Å²) in [6.07, 6.45) is 1.87. The van der Waals surface area contributed by atoms with Crippen molar-refractivity contribution in [3.8, 4) is 17.8 Å². The Labute approximate surface area is 124 Å². The summed E-state index contributed by atoms with van der Waals surface area (Å²) in [5.74, 6) is 1.13. The number of para-hydroxylation sites is 1. The first-order valence-corrected chi connectivity index (χ1v) is 7.17. The second kappa shape index (κ2) is 8.04. The molecule has 6 nitrogen and oxygen atoms in total. The van der Waals surface area contributed by atoms with E-state index in [2.05, 4.69) is 27.2 Å². The highest BCUT2D eigenvalue weighted by Gasteiger charge is 2.09. The van der Waals surface area contributed by atoms with Crippen LogP contribution >= 0.6 is 0 Å². The molecule has 2 aromatic rings. The van der Waals surface area contributed by atoms with Crippen molar-refractivity contribution in [2.45, 2.75) is 26.7 Å². The number of anilines is 1. The molecule has 21 heavy (non-hydrogen) atoms. The van der Waals surface area contributed by atoms with Crippen molar-refractivity contribution in [1.82, 2.24) is 15.0 Å². The van der Waals surface area contributed by atoms with Gasteiger partial charge in [0.05, 0.1) is 6.61 Å². The molecule has 1 aromatic carbocycles. The molecule has 0 aliphatic rings. The Hall–Kier alpha value is -2.37. The molecule has 6 heteroatoms. The molecule has 2 rings (SSSR count). The van der Waals surface area contributed by atoms with E-state index in [4.69, 9.17) is 9.47 Å². The standard InChI is InChI=1S/C15H20N4O2/c1-3-10-16-13-17-14(20-11-4-2)19-15(18-13)21-12-8-6-5-7-9-12/h5-9H,3-4,10-11H2,1-2H3,(H,16,17,18,19). The second-order valence-corrected chi connectivity index (χ2v) is 4.41. The third kappa shape index (κ3) is 4.91. The van der Waals surface area contributed by atoms with Gasteiger partial charge in [0.25, 0.3) is 0 Å². The van der Waals surface area contributed by atoms with Crippen LogP contribution in [0.3, 0.4) is 0 Å². The molecule has 1 aromatic heterocycles. The van der Waals surface area contributed by atoms with Crippen molar-refractivity contribution in [3.63, 3.8) is 0 Å². The van der Waals surface area contributed by atoms with Gasteiger partial charge in [0, 0.05) is 6.54 Å². The first-order chi connectivity index (χ1) is 10.3. The average molecular weight is 288 g/mol. The fourth-order valence-electron chi connectivity index (χ4n) is 1.55. The Balaban J connectivity index is 2.17. The highest BCUT2D eigenvalue weighted by Crippen LogP contribution is 2.20. The highest BCUT2D eigenvalue weighted by molar-refractivity contribution is 5.30. The fraction of sp³-hybridized carbons (Fsp3) is 0.400. The summed E-state index contributed by atoms with van der Waals surface area (Å²) in [6.45, 7) is 5.44. The molecule has 0 bridgehead atoms. The zero-order valence-electron chi connectivity index (χ0n) is 12.4. The fourth-order valence-corrected chi connectivity index (χ4v) is 1.55. The lowest BCUT2D eigenvalue weighted by atomic mass is 10.3. The van der Waals surface area contributed by atoms with E-state index in [-0.39, 0.29) is 12.0 Å². The molecule has 0 amide bonds. The van der Waals surface area contributed by atoms with Gasteiger partial charge >= 0.3 is 12.0 Å². The van der Waals surface area contributed by atoms with Crippen LogP contribution in [-0.2, 0) is 0 Å². The topological polar surface area (TPSA) is 69.2 Å². The first-order valence-electron chi connectivity index (χ1n) is 7.17. The predicted molar refractivity (Wildman–Crippen MR) is 80.9 cm³/mol. The number of hydrogen-bond acceptors (Lipinski definition) is 6. The molecule has 1 N–H and O–H groups in total. The van der Waals surface area contributed by atoms with Crippen molar-refractivity contribution in [2.75, 3.05) is 18.5 Å². The van der Waals surface area contributed by atoms with Gasteiger partial charge in [-0.25, -0.2) is 0 Å². The van der Waals surface area contributed by atoms with E-state index in [1.807, 2.05) is 37.3 Å². The number of hydrogen-bond donors (Lipinski definition) is 1. The van der Waals surface area contributed by atoms with Crippen molar-refractivity contribution >= 4 is 5.95 Å². The average Bonchev–Trinajstić information content (AvgIpc) is 2.52. The van der Waals surface area contributed by atoms with Crippen LogP contribution in [0.25, 0.3) is 0 Å². The molecular weight excluding hydrogens is 268 g/mol. The van der Waals surface area contributed by atoms with Gasteiger partial charge in [-0.05, 0) is 25.0 Å². The Morgan fingerprint density at radius 3 is 2.43 bits per heavy atom. The lowest BCUT2D eigenvalue weighted by Gasteiger charge is -2.09. The number of rotatable bonds is 8. The molecule has 0 saturated carbocycles. The Kier molecular flexibility index (Phi) is 5.75. The Morgan fingerprint density at radius 1 is 0.952 bits per heavy atom. The molecule has 0 aliphatic heterocycles. The molecule has 0 aliphatic carbocycles. The summed E-state index contributed by atoms with van der Waals surface area (Å²) in [6, 6.07) is 9.88. The minimum atomic E-state index is 0.223. The van der Waals surface area contributed by atoms with Crippen LogP contribution in [0.1, 0.15) is 26.7 Å². The van der Waals surface area contributed by atoms with E-state index in [1.165, 1.54) is 0 Å². The largest absolute Gasteiger partial charge is 0.463 e. The van der Waals surface area contributed by atoms with E-state index >= 15 is 0 Å². The van der Waals surface area contributed by atoms with Crippen molar-refractivity contribution in [1.29, 1.82) is 0 Å². The first kappa shape index (κ1) is 15.0. The normalized spacial score (nSPS) is 10.2. The monoisotopic (exact) mass is 288 g/mol. The summed E-state index contributed by atoms with van der Waals surface area (Å²) < 4.78 is 11.1. The van der Waals surface area contributed by atoms with Gasteiger partial charge in [0.15, 0.2) is 0 Å². The van der Waals surface area contributed by atoms with Crippen LogP contribution in [0.5, 0.6) is 17.8 Å². The Morgan fingerprint density at radius 2 is 1.71 bits per heavy atom. The van der Waals surface area contributed by atoms with E-state index in [0.29, 0.717) is 18.3 Å². The summed E-state index contributed by atoms with van der Waals surface area (Å²) in [5, 5.41) is 3.12. The van der Waals surface area contributed by atoms with Crippen LogP contribution in [0.4, 0.5) is 5.95 Å². The minimum absolute atomic E-state index is 0.223. The van der Waals surface area contributed by atoms with Gasteiger partial charge in [0.2, 0.25) is 5.95 Å². The lowest BCUT2D eigenvalue weighted by molar-refractivity contribution is 0.285. The SMILES string of the molecule is CCCNc1nc(OCCC)nc(Oc2ccccc2)n1. The van der Waals surface area contributed by atoms with Gasteiger partial charge in [-0.1, -0.05) is 32.0 Å². The van der Waals surface area contributed by atoms with Gasteiger partial charge < -0.3 is 14.8 Å². The quantitative estimate of drug-likeness (QED) is 0.804. The summed E-state index contributed by atoms with van der Waals surface area (Å²) in [7, 11) is 0. The van der Waals surface area contributed by atoms with Gasteiger partial charge in [-0.2, -0.15) is 9.97 Å². The van der Waals surface area contributed by atoms with E-state index in [0.717, 1.165) is 19.4 Å². The van der Waals surface area contributed by atoms with E-state index in [9.17, 15) is 0 Å². The van der Waals surface area contributed by atoms with Crippen LogP contribution in [0, 0.1) is 0 Å². The molecule has 0 unspecified atom stereocenters. The number of aromatic nitrogens is 3. The van der Waals surface area contributed by atoms with Crippen LogP contribution in [0.15, 0.2) is 30.3 Å². The minimum Gasteiger partial charge on any atom is -0.463 e. The lowest BCUT2D eigenvalue weighted by Crippen LogP contribution is -2.09. The summed E-state index contributed by atoms with van der Waals surface area (Å²) in [5.41, 5.74) is 0. The number of nitrogens with zero attached hydrogens (tertiary/aromatic N) is 3. The van der Waals surface area contributed by atoms with Crippen molar-refractivity contribution < 1.29 is 9.47 Å². The molecule has 0 spiro atoms.